The first kappa shape index (κ1) is 10.2. The molecule has 0 unspecified atom stereocenters. The Morgan fingerprint density at radius 1 is 1.31 bits per heavy atom. The molecule has 82 valence electrons. The fourth-order valence-corrected chi connectivity index (χ4v) is 1.56. The number of hydrogen-bond acceptors (Lipinski definition) is 3. The van der Waals surface area contributed by atoms with Gasteiger partial charge in [0, 0.05) is 17.1 Å². The lowest BCUT2D eigenvalue weighted by molar-refractivity contribution is 0.0583. The fourth-order valence-electron chi connectivity index (χ4n) is 1.56. The third-order valence-corrected chi connectivity index (χ3v) is 2.33. The number of carbonyl (C=O) groups is 2. The largest absolute Gasteiger partial charge is 0.478 e. The molecule has 1 aromatic carbocycles. The van der Waals surface area contributed by atoms with Gasteiger partial charge in [-0.1, -0.05) is 0 Å². The van der Waals surface area contributed by atoms with Gasteiger partial charge in [0.15, 0.2) is 0 Å². The number of rotatable bonds is 2. The van der Waals surface area contributed by atoms with E-state index in [0.29, 0.717) is 5.52 Å². The number of hydrogen-bond donors (Lipinski definition) is 2. The molecule has 0 bridgehead atoms. The lowest BCUT2D eigenvalue weighted by Gasteiger charge is -2.04. The first-order chi connectivity index (χ1) is 7.63. The van der Waals surface area contributed by atoms with Gasteiger partial charge in [-0.2, -0.15) is 0 Å². The van der Waals surface area contributed by atoms with Crippen LogP contribution >= 0.6 is 0 Å². The number of H-pyrrole nitrogens is 1. The molecule has 0 amide bonds. The molecular weight excluding hydrogens is 210 g/mol. The van der Waals surface area contributed by atoms with Crippen molar-refractivity contribution in [3.05, 3.63) is 35.5 Å². The van der Waals surface area contributed by atoms with Crippen LogP contribution in [0, 0.1) is 0 Å². The maximum Gasteiger partial charge on any atom is 0.338 e. The Kier molecular flexibility index (Phi) is 2.36. The molecule has 0 saturated carbocycles. The minimum atomic E-state index is -1.16. The second-order valence-corrected chi connectivity index (χ2v) is 3.26. The molecule has 2 N–H and O–H groups in total. The van der Waals surface area contributed by atoms with E-state index in [0.717, 1.165) is 5.39 Å². The van der Waals surface area contributed by atoms with Gasteiger partial charge in [-0.3, -0.25) is 0 Å². The van der Waals surface area contributed by atoms with E-state index in [1.54, 1.807) is 12.3 Å². The lowest BCUT2D eigenvalue weighted by Crippen LogP contribution is -2.09. The van der Waals surface area contributed by atoms with E-state index in [1.807, 2.05) is 0 Å². The Labute approximate surface area is 90.6 Å². The molecule has 0 aliphatic heterocycles. The van der Waals surface area contributed by atoms with Crippen LogP contribution in [0.3, 0.4) is 0 Å². The van der Waals surface area contributed by atoms with Crippen LogP contribution in [0.5, 0.6) is 0 Å². The second kappa shape index (κ2) is 3.69. The summed E-state index contributed by atoms with van der Waals surface area (Å²) in [6.07, 6.45) is 1.68. The third kappa shape index (κ3) is 1.52. The summed E-state index contributed by atoms with van der Waals surface area (Å²) in [5.74, 6) is -1.81. The normalized spacial score (nSPS) is 10.3. The van der Waals surface area contributed by atoms with E-state index in [4.69, 9.17) is 5.11 Å². The van der Waals surface area contributed by atoms with E-state index in [2.05, 4.69) is 9.72 Å². The van der Waals surface area contributed by atoms with Gasteiger partial charge in [0.1, 0.15) is 0 Å². The average Bonchev–Trinajstić information content (AvgIpc) is 2.73. The van der Waals surface area contributed by atoms with E-state index in [9.17, 15) is 9.59 Å². The zero-order valence-electron chi connectivity index (χ0n) is 8.48. The maximum atomic E-state index is 11.4. The minimum Gasteiger partial charge on any atom is -0.478 e. The number of esters is 1. The summed E-state index contributed by atoms with van der Waals surface area (Å²) in [4.78, 5) is 25.3. The molecule has 5 heteroatoms. The Morgan fingerprint density at radius 3 is 2.69 bits per heavy atom. The van der Waals surface area contributed by atoms with Gasteiger partial charge in [0.2, 0.25) is 0 Å². The second-order valence-electron chi connectivity index (χ2n) is 3.26. The molecule has 0 aliphatic rings. The first-order valence-corrected chi connectivity index (χ1v) is 4.56. The molecule has 0 radical (unpaired) electrons. The highest BCUT2D eigenvalue weighted by atomic mass is 16.5. The number of nitrogens with one attached hydrogen (secondary N) is 1. The lowest BCUT2D eigenvalue weighted by atomic mass is 10.1. The minimum absolute atomic E-state index is 0.0575. The van der Waals surface area contributed by atoms with Gasteiger partial charge in [-0.15, -0.1) is 0 Å². The van der Waals surface area contributed by atoms with Crippen LogP contribution in [-0.2, 0) is 4.74 Å². The molecule has 1 heterocycles. The fraction of sp³-hybridized carbons (Fsp3) is 0.0909. The topological polar surface area (TPSA) is 79.4 Å². The molecular formula is C11H9NO4. The summed E-state index contributed by atoms with van der Waals surface area (Å²) in [5.41, 5.74) is 0.661. The molecule has 0 fully saturated rings. The highest BCUT2D eigenvalue weighted by Crippen LogP contribution is 2.20. The first-order valence-electron chi connectivity index (χ1n) is 4.56. The van der Waals surface area contributed by atoms with Crippen molar-refractivity contribution in [1.29, 1.82) is 0 Å². The van der Waals surface area contributed by atoms with Gasteiger partial charge in [0.25, 0.3) is 0 Å². The molecule has 2 rings (SSSR count). The van der Waals surface area contributed by atoms with Gasteiger partial charge in [-0.25, -0.2) is 9.59 Å². The van der Waals surface area contributed by atoms with Crippen molar-refractivity contribution in [2.45, 2.75) is 0 Å². The van der Waals surface area contributed by atoms with Gasteiger partial charge < -0.3 is 14.8 Å². The van der Waals surface area contributed by atoms with Crippen LogP contribution in [0.1, 0.15) is 20.7 Å². The quantitative estimate of drug-likeness (QED) is 0.752. The van der Waals surface area contributed by atoms with Crippen molar-refractivity contribution in [2.24, 2.45) is 0 Å². The molecule has 0 saturated heterocycles. The summed E-state index contributed by atoms with van der Waals surface area (Å²) in [6, 6.07) is 4.68. The monoisotopic (exact) mass is 219 g/mol. The number of carboxylic acid groups (broad SMARTS) is 1. The highest BCUT2D eigenvalue weighted by Gasteiger charge is 2.18. The summed E-state index contributed by atoms with van der Waals surface area (Å²) in [6.45, 7) is 0. The number of aromatic carboxylic acids is 1. The number of carbonyl (C=O) groups excluding carboxylic acids is 1. The number of fused-ring (bicyclic) bond motifs is 1. The summed E-state index contributed by atoms with van der Waals surface area (Å²) in [7, 11) is 1.22. The van der Waals surface area contributed by atoms with Crippen LogP contribution in [0.2, 0.25) is 0 Å². The summed E-state index contributed by atoms with van der Waals surface area (Å²) < 4.78 is 4.54. The smallest absolute Gasteiger partial charge is 0.338 e. The number of carboxylic acids is 1. The predicted octanol–water partition coefficient (Wildman–Crippen LogP) is 1.65. The number of aromatic amines is 1. The van der Waals surface area contributed by atoms with Gasteiger partial charge in [0.05, 0.1) is 18.2 Å². The van der Waals surface area contributed by atoms with E-state index >= 15 is 0 Å². The van der Waals surface area contributed by atoms with Crippen molar-refractivity contribution in [3.8, 4) is 0 Å². The molecule has 0 atom stereocenters. The van der Waals surface area contributed by atoms with Crippen molar-refractivity contribution in [2.75, 3.05) is 7.11 Å². The van der Waals surface area contributed by atoms with Gasteiger partial charge >= 0.3 is 11.9 Å². The number of benzene rings is 1. The van der Waals surface area contributed by atoms with Crippen LogP contribution in [0.25, 0.3) is 10.9 Å². The molecule has 5 nitrogen and oxygen atoms in total. The van der Waals surface area contributed by atoms with Crippen LogP contribution < -0.4 is 0 Å². The Morgan fingerprint density at radius 2 is 2.06 bits per heavy atom. The third-order valence-electron chi connectivity index (χ3n) is 2.33. The molecule has 0 aliphatic carbocycles. The highest BCUT2D eigenvalue weighted by molar-refractivity contribution is 6.06. The Balaban J connectivity index is 2.72. The average molecular weight is 219 g/mol. The molecule has 16 heavy (non-hydrogen) atoms. The molecule has 0 spiro atoms. The SMILES string of the molecule is COC(=O)c1cc2cc[nH]c2cc1C(=O)O. The number of methoxy groups -OCH3 is 1. The maximum absolute atomic E-state index is 11.4. The zero-order valence-corrected chi connectivity index (χ0v) is 8.48. The zero-order chi connectivity index (χ0) is 11.7. The number of aromatic nitrogens is 1. The predicted molar refractivity (Wildman–Crippen MR) is 56.6 cm³/mol. The Bertz CT molecular complexity index is 570. The summed E-state index contributed by atoms with van der Waals surface area (Å²) >= 11 is 0. The van der Waals surface area contributed by atoms with Crippen molar-refractivity contribution >= 4 is 22.8 Å². The molecule has 2 aromatic rings. The van der Waals surface area contributed by atoms with Crippen LogP contribution in [-0.4, -0.2) is 29.1 Å². The van der Waals surface area contributed by atoms with Crippen molar-refractivity contribution < 1.29 is 19.4 Å². The van der Waals surface area contributed by atoms with Crippen LogP contribution in [0.4, 0.5) is 0 Å². The molecule has 1 aromatic heterocycles. The van der Waals surface area contributed by atoms with Crippen molar-refractivity contribution in [1.82, 2.24) is 4.98 Å². The number of ether oxygens (including phenoxy) is 1. The Hall–Kier alpha value is -2.30. The standard InChI is InChI=1S/C11H9NO4/c1-16-11(15)8-4-6-2-3-12-9(6)5-7(8)10(13)14/h2-5,12H,1H3,(H,13,14). The van der Waals surface area contributed by atoms with Crippen LogP contribution in [0.15, 0.2) is 24.4 Å². The van der Waals surface area contributed by atoms with Gasteiger partial charge in [-0.05, 0) is 18.2 Å². The van der Waals surface area contributed by atoms with Crippen molar-refractivity contribution in [3.63, 3.8) is 0 Å². The van der Waals surface area contributed by atoms with E-state index in [1.165, 1.54) is 19.2 Å². The van der Waals surface area contributed by atoms with E-state index in [-0.39, 0.29) is 11.1 Å². The van der Waals surface area contributed by atoms with E-state index < -0.39 is 11.9 Å². The summed E-state index contributed by atoms with van der Waals surface area (Å²) in [5, 5.41) is 9.75.